The zero-order valence-corrected chi connectivity index (χ0v) is 11.0. The quantitative estimate of drug-likeness (QED) is 0.578. The van der Waals surface area contributed by atoms with Crippen molar-refractivity contribution < 1.29 is 0 Å². The Morgan fingerprint density at radius 2 is 1.63 bits per heavy atom. The summed E-state index contributed by atoms with van der Waals surface area (Å²) in [6.45, 7) is 2.06. The standard InChI is InChI=1S/C16H15N3/c1-12-7-9-13(10-8-12)17-18-15-11-19(2)16-6-4-3-5-14(15)16/h3-11H,1-2H3/b18-17+. The highest BCUT2D eigenvalue weighted by Crippen LogP contribution is 2.29. The first kappa shape index (κ1) is 11.7. The second-order valence-electron chi connectivity index (χ2n) is 4.68. The maximum absolute atomic E-state index is 4.36. The lowest BCUT2D eigenvalue weighted by atomic mass is 10.2. The average Bonchev–Trinajstić information content (AvgIpc) is 2.76. The van der Waals surface area contributed by atoms with Gasteiger partial charge in [0.15, 0.2) is 0 Å². The van der Waals surface area contributed by atoms with E-state index in [2.05, 4.69) is 33.9 Å². The monoisotopic (exact) mass is 249 g/mol. The third-order valence-corrected chi connectivity index (χ3v) is 3.18. The van der Waals surface area contributed by atoms with Crippen LogP contribution in [0.15, 0.2) is 65.0 Å². The molecule has 1 heterocycles. The molecule has 3 rings (SSSR count). The summed E-state index contributed by atoms with van der Waals surface area (Å²) in [6.07, 6.45) is 2.00. The lowest BCUT2D eigenvalue weighted by Crippen LogP contribution is -1.81. The predicted octanol–water partition coefficient (Wildman–Crippen LogP) is 4.90. The highest BCUT2D eigenvalue weighted by atomic mass is 15.1. The van der Waals surface area contributed by atoms with Gasteiger partial charge < -0.3 is 4.57 Å². The zero-order valence-electron chi connectivity index (χ0n) is 11.0. The molecule has 0 aliphatic carbocycles. The van der Waals surface area contributed by atoms with Crippen LogP contribution in [0, 0.1) is 6.92 Å². The summed E-state index contributed by atoms with van der Waals surface area (Å²) in [7, 11) is 2.02. The molecule has 0 amide bonds. The fourth-order valence-electron chi connectivity index (χ4n) is 2.12. The maximum Gasteiger partial charge on any atom is 0.111 e. The van der Waals surface area contributed by atoms with Crippen molar-refractivity contribution in [1.82, 2.24) is 4.57 Å². The molecule has 0 N–H and O–H groups in total. The highest BCUT2D eigenvalue weighted by molar-refractivity contribution is 5.91. The van der Waals surface area contributed by atoms with Gasteiger partial charge in [0.25, 0.3) is 0 Å². The molecule has 0 spiro atoms. The van der Waals surface area contributed by atoms with Crippen LogP contribution in [0.25, 0.3) is 10.9 Å². The van der Waals surface area contributed by atoms with Crippen LogP contribution in [-0.2, 0) is 7.05 Å². The van der Waals surface area contributed by atoms with Crippen molar-refractivity contribution in [3.05, 3.63) is 60.3 Å². The van der Waals surface area contributed by atoms with Crippen molar-refractivity contribution in [3.63, 3.8) is 0 Å². The van der Waals surface area contributed by atoms with Crippen LogP contribution >= 0.6 is 0 Å². The first-order chi connectivity index (χ1) is 9.24. The number of benzene rings is 2. The number of azo groups is 1. The van der Waals surface area contributed by atoms with Crippen molar-refractivity contribution in [2.24, 2.45) is 17.3 Å². The molecule has 0 aliphatic heterocycles. The molecule has 94 valence electrons. The van der Waals surface area contributed by atoms with Crippen LogP contribution in [0.4, 0.5) is 11.4 Å². The fourth-order valence-corrected chi connectivity index (χ4v) is 2.12. The van der Waals surface area contributed by atoms with E-state index in [1.807, 2.05) is 49.6 Å². The second kappa shape index (κ2) is 4.69. The number of aromatic nitrogens is 1. The van der Waals surface area contributed by atoms with Gasteiger partial charge in [-0.2, -0.15) is 5.11 Å². The third kappa shape index (κ3) is 2.27. The molecular weight excluding hydrogens is 234 g/mol. The summed E-state index contributed by atoms with van der Waals surface area (Å²) >= 11 is 0. The molecule has 19 heavy (non-hydrogen) atoms. The van der Waals surface area contributed by atoms with Gasteiger partial charge in [-0.15, -0.1) is 5.11 Å². The van der Waals surface area contributed by atoms with E-state index in [9.17, 15) is 0 Å². The molecule has 0 unspecified atom stereocenters. The first-order valence-electron chi connectivity index (χ1n) is 6.26. The number of aryl methyl sites for hydroxylation is 2. The van der Waals surface area contributed by atoms with Crippen molar-refractivity contribution >= 4 is 22.3 Å². The normalized spacial score (nSPS) is 11.5. The Kier molecular flexibility index (Phi) is 2.88. The Morgan fingerprint density at radius 3 is 2.42 bits per heavy atom. The topological polar surface area (TPSA) is 29.6 Å². The van der Waals surface area contributed by atoms with E-state index in [-0.39, 0.29) is 0 Å². The van der Waals surface area contributed by atoms with Crippen molar-refractivity contribution in [3.8, 4) is 0 Å². The summed E-state index contributed by atoms with van der Waals surface area (Å²) in [5.41, 5.74) is 4.17. The summed E-state index contributed by atoms with van der Waals surface area (Å²) in [6, 6.07) is 16.2. The lowest BCUT2D eigenvalue weighted by molar-refractivity contribution is 0.967. The van der Waals surface area contributed by atoms with E-state index in [0.29, 0.717) is 0 Å². The van der Waals surface area contributed by atoms with Crippen LogP contribution < -0.4 is 0 Å². The number of hydrogen-bond acceptors (Lipinski definition) is 2. The van der Waals surface area contributed by atoms with Crippen LogP contribution in [0.3, 0.4) is 0 Å². The van der Waals surface area contributed by atoms with Crippen molar-refractivity contribution in [2.75, 3.05) is 0 Å². The lowest BCUT2D eigenvalue weighted by Gasteiger charge is -1.93. The van der Waals surface area contributed by atoms with Gasteiger partial charge in [0.05, 0.1) is 11.2 Å². The number of para-hydroxylation sites is 1. The van der Waals surface area contributed by atoms with E-state index in [0.717, 1.165) is 16.8 Å². The molecule has 3 heteroatoms. The second-order valence-corrected chi connectivity index (χ2v) is 4.68. The average molecular weight is 249 g/mol. The molecule has 0 aliphatic rings. The first-order valence-corrected chi connectivity index (χ1v) is 6.26. The van der Waals surface area contributed by atoms with Gasteiger partial charge in [-0.3, -0.25) is 0 Å². The van der Waals surface area contributed by atoms with E-state index >= 15 is 0 Å². The molecule has 0 saturated carbocycles. The van der Waals surface area contributed by atoms with E-state index in [4.69, 9.17) is 0 Å². The minimum absolute atomic E-state index is 0.874. The smallest absolute Gasteiger partial charge is 0.111 e. The Morgan fingerprint density at radius 1 is 0.895 bits per heavy atom. The zero-order chi connectivity index (χ0) is 13.2. The molecule has 3 aromatic rings. The van der Waals surface area contributed by atoms with Crippen LogP contribution in [-0.4, -0.2) is 4.57 Å². The molecule has 0 radical (unpaired) electrons. The predicted molar refractivity (Wildman–Crippen MR) is 78.3 cm³/mol. The molecule has 0 bridgehead atoms. The van der Waals surface area contributed by atoms with Gasteiger partial charge in [0, 0.05) is 18.6 Å². The molecule has 0 atom stereocenters. The minimum Gasteiger partial charge on any atom is -0.348 e. The number of hydrogen-bond donors (Lipinski definition) is 0. The summed E-state index contributed by atoms with van der Waals surface area (Å²) < 4.78 is 2.07. The SMILES string of the molecule is Cc1ccc(/N=N/c2cn(C)c3ccccc23)cc1. The van der Waals surface area contributed by atoms with Crippen LogP contribution in [0.1, 0.15) is 5.56 Å². The largest absolute Gasteiger partial charge is 0.348 e. The molecular formula is C16H15N3. The van der Waals surface area contributed by atoms with E-state index < -0.39 is 0 Å². The highest BCUT2D eigenvalue weighted by Gasteiger charge is 2.04. The van der Waals surface area contributed by atoms with Crippen molar-refractivity contribution in [2.45, 2.75) is 6.92 Å². The van der Waals surface area contributed by atoms with E-state index in [1.54, 1.807) is 0 Å². The Balaban J connectivity index is 1.99. The van der Waals surface area contributed by atoms with Gasteiger partial charge >= 0.3 is 0 Å². The van der Waals surface area contributed by atoms with Gasteiger partial charge in [-0.1, -0.05) is 35.9 Å². The van der Waals surface area contributed by atoms with Crippen LogP contribution in [0.5, 0.6) is 0 Å². The molecule has 1 aromatic heterocycles. The Hall–Kier alpha value is -2.42. The summed E-state index contributed by atoms with van der Waals surface area (Å²) in [5, 5.41) is 9.78. The summed E-state index contributed by atoms with van der Waals surface area (Å²) in [4.78, 5) is 0. The molecule has 0 fully saturated rings. The van der Waals surface area contributed by atoms with Crippen molar-refractivity contribution in [1.29, 1.82) is 0 Å². The Labute approximate surface area is 112 Å². The van der Waals surface area contributed by atoms with Crippen LogP contribution in [0.2, 0.25) is 0 Å². The van der Waals surface area contributed by atoms with Gasteiger partial charge in [0.1, 0.15) is 5.69 Å². The number of rotatable bonds is 2. The third-order valence-electron chi connectivity index (χ3n) is 3.18. The molecule has 3 nitrogen and oxygen atoms in total. The van der Waals surface area contributed by atoms with Gasteiger partial charge in [0.2, 0.25) is 0 Å². The van der Waals surface area contributed by atoms with Gasteiger partial charge in [-0.05, 0) is 25.1 Å². The van der Waals surface area contributed by atoms with Gasteiger partial charge in [-0.25, -0.2) is 0 Å². The minimum atomic E-state index is 0.874. The number of fused-ring (bicyclic) bond motifs is 1. The molecule has 0 saturated heterocycles. The Bertz CT molecular complexity index is 736. The fraction of sp³-hybridized carbons (Fsp3) is 0.125. The maximum atomic E-state index is 4.36. The van der Waals surface area contributed by atoms with E-state index in [1.165, 1.54) is 11.1 Å². The summed E-state index contributed by atoms with van der Waals surface area (Å²) in [5.74, 6) is 0. The molecule has 2 aromatic carbocycles. The number of nitrogens with zero attached hydrogens (tertiary/aromatic N) is 3.